The van der Waals surface area contributed by atoms with Gasteiger partial charge in [0.15, 0.2) is 0 Å². The SMILES string of the molecule is O=C1c2c(c(I)nn2C2CCCCCCC2)CCN1C1CCCCC(N2CCCCCCCC2)CCC1. The van der Waals surface area contributed by atoms with Gasteiger partial charge in [0.25, 0.3) is 5.91 Å². The number of fused-ring (bicyclic) bond motifs is 1. The van der Waals surface area contributed by atoms with Crippen LogP contribution in [0.25, 0.3) is 0 Å². The first-order chi connectivity index (χ1) is 18.2. The highest BCUT2D eigenvalue weighted by Crippen LogP contribution is 2.34. The van der Waals surface area contributed by atoms with Crippen LogP contribution in [-0.2, 0) is 6.42 Å². The van der Waals surface area contributed by atoms with Crippen LogP contribution >= 0.6 is 22.6 Å². The Kier molecular flexibility index (Phi) is 10.7. The Labute approximate surface area is 239 Å². The van der Waals surface area contributed by atoms with Crippen LogP contribution in [-0.4, -0.2) is 57.2 Å². The molecule has 5 nitrogen and oxygen atoms in total. The molecule has 0 aromatic carbocycles. The van der Waals surface area contributed by atoms with E-state index in [0.717, 1.165) is 28.4 Å². The third kappa shape index (κ3) is 7.12. The average molecular weight is 623 g/mol. The van der Waals surface area contributed by atoms with Gasteiger partial charge in [-0.2, -0.15) is 5.10 Å². The molecule has 6 heteroatoms. The minimum absolute atomic E-state index is 0.291. The van der Waals surface area contributed by atoms with E-state index in [1.807, 2.05) is 0 Å². The fourth-order valence-electron chi connectivity index (χ4n) is 7.78. The van der Waals surface area contributed by atoms with Gasteiger partial charge in [0.2, 0.25) is 0 Å². The molecule has 2 atom stereocenters. The number of aromatic nitrogens is 2. The lowest BCUT2D eigenvalue weighted by Crippen LogP contribution is -2.46. The lowest BCUT2D eigenvalue weighted by Gasteiger charge is -2.36. The first kappa shape index (κ1) is 27.9. The lowest BCUT2D eigenvalue weighted by molar-refractivity contribution is 0.0615. The van der Waals surface area contributed by atoms with Crippen LogP contribution in [0, 0.1) is 3.70 Å². The van der Waals surface area contributed by atoms with Crippen molar-refractivity contribution in [1.82, 2.24) is 19.6 Å². The Balaban J connectivity index is 1.25. The van der Waals surface area contributed by atoms with Gasteiger partial charge in [-0.05, 0) is 99.9 Å². The maximum atomic E-state index is 14.1. The van der Waals surface area contributed by atoms with Gasteiger partial charge in [0.1, 0.15) is 9.39 Å². The van der Waals surface area contributed by atoms with E-state index in [9.17, 15) is 4.79 Å². The molecule has 1 amide bonds. The first-order valence-corrected chi connectivity index (χ1v) is 17.1. The fourth-order valence-corrected chi connectivity index (χ4v) is 8.54. The van der Waals surface area contributed by atoms with Crippen LogP contribution in [0.2, 0.25) is 0 Å². The van der Waals surface area contributed by atoms with E-state index in [2.05, 4.69) is 37.1 Å². The number of amides is 1. The Morgan fingerprint density at radius 2 is 1.11 bits per heavy atom. The van der Waals surface area contributed by atoms with Crippen molar-refractivity contribution >= 4 is 28.5 Å². The monoisotopic (exact) mass is 622 g/mol. The molecule has 37 heavy (non-hydrogen) atoms. The van der Waals surface area contributed by atoms with Gasteiger partial charge in [-0.25, -0.2) is 0 Å². The van der Waals surface area contributed by atoms with E-state index >= 15 is 0 Å². The summed E-state index contributed by atoms with van der Waals surface area (Å²) in [4.78, 5) is 19.3. The van der Waals surface area contributed by atoms with Crippen molar-refractivity contribution in [2.75, 3.05) is 19.6 Å². The van der Waals surface area contributed by atoms with Crippen LogP contribution in [0.1, 0.15) is 151 Å². The predicted octanol–water partition coefficient (Wildman–Crippen LogP) is 7.91. The second-order valence-corrected chi connectivity index (χ2v) is 13.5. The standard InChI is InChI=1S/C31H51IN4O/c32-30-28-21-24-35(31(37)29(28)36(33-30)27-17-8-4-3-5-9-18-27)26-16-11-10-15-25(19-14-20-26)34-22-12-6-1-2-7-13-23-34/h25-27H,1-24H2. The summed E-state index contributed by atoms with van der Waals surface area (Å²) in [5, 5.41) is 5.00. The molecule has 3 heterocycles. The molecule has 2 aliphatic heterocycles. The summed E-state index contributed by atoms with van der Waals surface area (Å²) in [7, 11) is 0. The molecule has 1 aromatic heterocycles. The van der Waals surface area contributed by atoms with Crippen LogP contribution in [0.15, 0.2) is 0 Å². The van der Waals surface area contributed by atoms with Crippen molar-refractivity contribution in [2.24, 2.45) is 0 Å². The highest BCUT2D eigenvalue weighted by Gasteiger charge is 2.36. The van der Waals surface area contributed by atoms with E-state index in [-0.39, 0.29) is 0 Å². The predicted molar refractivity (Wildman–Crippen MR) is 160 cm³/mol. The molecular weight excluding hydrogens is 571 g/mol. The van der Waals surface area contributed by atoms with E-state index in [4.69, 9.17) is 5.10 Å². The highest BCUT2D eigenvalue weighted by atomic mass is 127. The smallest absolute Gasteiger partial charge is 0.272 e. The number of carbonyl (C=O) groups is 1. The summed E-state index contributed by atoms with van der Waals surface area (Å²) in [6.45, 7) is 3.51. The van der Waals surface area contributed by atoms with Gasteiger partial charge in [0.05, 0.1) is 6.04 Å². The van der Waals surface area contributed by atoms with Gasteiger partial charge in [-0.15, -0.1) is 0 Å². The van der Waals surface area contributed by atoms with E-state index < -0.39 is 0 Å². The van der Waals surface area contributed by atoms with E-state index in [1.165, 1.54) is 147 Å². The maximum Gasteiger partial charge on any atom is 0.272 e. The summed E-state index contributed by atoms with van der Waals surface area (Å²) >= 11 is 2.39. The van der Waals surface area contributed by atoms with Gasteiger partial charge >= 0.3 is 0 Å². The zero-order valence-electron chi connectivity index (χ0n) is 23.3. The second-order valence-electron chi connectivity index (χ2n) is 12.5. The van der Waals surface area contributed by atoms with Crippen LogP contribution < -0.4 is 0 Å². The number of hydrogen-bond donors (Lipinski definition) is 0. The van der Waals surface area contributed by atoms with Crippen molar-refractivity contribution in [3.05, 3.63) is 15.0 Å². The van der Waals surface area contributed by atoms with Crippen LogP contribution in [0.3, 0.4) is 0 Å². The van der Waals surface area contributed by atoms with Crippen LogP contribution in [0.4, 0.5) is 0 Å². The summed E-state index contributed by atoms with van der Waals surface area (Å²) in [6, 6.07) is 1.58. The number of halogens is 1. The molecule has 0 N–H and O–H groups in total. The molecule has 2 aliphatic carbocycles. The molecule has 2 unspecified atom stereocenters. The van der Waals surface area contributed by atoms with Gasteiger partial charge in [-0.1, -0.05) is 70.6 Å². The fraction of sp³-hybridized carbons (Fsp3) is 0.871. The highest BCUT2D eigenvalue weighted by molar-refractivity contribution is 14.1. The zero-order chi connectivity index (χ0) is 25.5. The van der Waals surface area contributed by atoms with Crippen LogP contribution in [0.5, 0.6) is 0 Å². The minimum Gasteiger partial charge on any atom is -0.334 e. The third-order valence-electron chi connectivity index (χ3n) is 9.94. The molecule has 4 aliphatic rings. The molecule has 0 spiro atoms. The molecule has 1 aromatic rings. The molecule has 0 bridgehead atoms. The zero-order valence-corrected chi connectivity index (χ0v) is 25.4. The average Bonchev–Trinajstić information content (AvgIpc) is 3.32. The molecule has 208 valence electrons. The van der Waals surface area contributed by atoms with E-state index in [0.29, 0.717) is 18.0 Å². The summed E-state index contributed by atoms with van der Waals surface area (Å²) < 4.78 is 3.27. The number of nitrogens with zero attached hydrogens (tertiary/aromatic N) is 4. The Morgan fingerprint density at radius 3 is 1.81 bits per heavy atom. The molecule has 0 radical (unpaired) electrons. The molecule has 2 saturated carbocycles. The van der Waals surface area contributed by atoms with Gasteiger partial charge in [-0.3, -0.25) is 9.48 Å². The quantitative estimate of drug-likeness (QED) is 0.322. The van der Waals surface area contributed by atoms with Crippen molar-refractivity contribution in [3.63, 3.8) is 0 Å². The van der Waals surface area contributed by atoms with E-state index in [1.54, 1.807) is 0 Å². The number of hydrogen-bond acceptors (Lipinski definition) is 3. The lowest BCUT2D eigenvalue weighted by atomic mass is 9.95. The van der Waals surface area contributed by atoms with Gasteiger partial charge < -0.3 is 9.80 Å². The first-order valence-electron chi connectivity index (χ1n) is 16.0. The summed E-state index contributed by atoms with van der Waals surface area (Å²) in [5.74, 6) is 0.291. The number of carbonyl (C=O) groups excluding carboxylic acids is 1. The van der Waals surface area contributed by atoms with Crippen molar-refractivity contribution < 1.29 is 4.79 Å². The largest absolute Gasteiger partial charge is 0.334 e. The number of rotatable bonds is 3. The van der Waals surface area contributed by atoms with Crippen molar-refractivity contribution in [1.29, 1.82) is 0 Å². The second kappa shape index (κ2) is 14.1. The summed E-state index contributed by atoms with van der Waals surface area (Å²) in [6.07, 6.45) is 27.3. The topological polar surface area (TPSA) is 41.4 Å². The molecule has 1 saturated heterocycles. The summed E-state index contributed by atoms with van der Waals surface area (Å²) in [5.41, 5.74) is 2.19. The maximum absolute atomic E-state index is 14.1. The normalized spacial score (nSPS) is 28.6. The Bertz CT molecular complexity index is 852. The molecular formula is C31H51IN4O. The molecule has 5 rings (SSSR count). The minimum atomic E-state index is 0.291. The van der Waals surface area contributed by atoms with Crippen molar-refractivity contribution in [3.8, 4) is 0 Å². The Morgan fingerprint density at radius 1 is 0.595 bits per heavy atom. The third-order valence-corrected chi connectivity index (χ3v) is 10.8. The Hall–Kier alpha value is -0.630. The van der Waals surface area contributed by atoms with Crippen molar-refractivity contribution in [2.45, 2.75) is 153 Å². The molecule has 3 fully saturated rings. The van der Waals surface area contributed by atoms with Gasteiger partial charge in [0, 0.05) is 24.2 Å².